The van der Waals surface area contributed by atoms with Gasteiger partial charge in [-0.15, -0.1) is 0 Å². The Hall–Kier alpha value is -1.13. The summed E-state index contributed by atoms with van der Waals surface area (Å²) in [6.07, 6.45) is 7.67. The van der Waals surface area contributed by atoms with Gasteiger partial charge < -0.3 is 0 Å². The van der Waals surface area contributed by atoms with Crippen molar-refractivity contribution in [2.45, 2.75) is 46.5 Å². The van der Waals surface area contributed by atoms with Crippen LogP contribution in [0.25, 0.3) is 0 Å². The molecule has 1 N–H and O–H groups in total. The van der Waals surface area contributed by atoms with Gasteiger partial charge in [-0.2, -0.15) is 8.42 Å². The minimum absolute atomic E-state index is 0.142. The van der Waals surface area contributed by atoms with Crippen LogP contribution in [0, 0.1) is 11.3 Å². The number of allylic oxidation sites excluding steroid dienone is 2. The second-order valence-corrected chi connectivity index (χ2v) is 8.53. The molecule has 0 aromatic heterocycles. The molecule has 0 radical (unpaired) electrons. The molecule has 124 valence electrons. The summed E-state index contributed by atoms with van der Waals surface area (Å²) in [7, 11) is -3.83. The highest BCUT2D eigenvalue weighted by Gasteiger charge is 2.11. The summed E-state index contributed by atoms with van der Waals surface area (Å²) in [5.41, 5.74) is 1.43. The Kier molecular flexibility index (Phi) is 7.30. The Morgan fingerprint density at radius 1 is 1.14 bits per heavy atom. The van der Waals surface area contributed by atoms with E-state index in [0.717, 1.165) is 19.3 Å². The molecule has 3 nitrogen and oxygen atoms in total. The Morgan fingerprint density at radius 2 is 1.77 bits per heavy atom. The third-order valence-electron chi connectivity index (χ3n) is 3.44. The number of hydrogen-bond donors (Lipinski definition) is 1. The summed E-state index contributed by atoms with van der Waals surface area (Å²) < 4.78 is 30.3. The standard InChI is InChI=1S/C18H28O3S/c1-18(2,3)13-12-17(11-7-8-14-22(19,20)21)15-16-9-5-4-6-10-16/h4-6,9-10,12-13,17H,7-8,11,14-15H2,1-3H3,(H,19,20,21). The summed E-state index contributed by atoms with van der Waals surface area (Å²) in [6, 6.07) is 10.3. The topological polar surface area (TPSA) is 54.4 Å². The number of unbranched alkanes of at least 4 members (excludes halogenated alkanes) is 1. The van der Waals surface area contributed by atoms with Gasteiger partial charge >= 0.3 is 0 Å². The van der Waals surface area contributed by atoms with Gasteiger partial charge in [-0.25, -0.2) is 0 Å². The zero-order chi connectivity index (χ0) is 16.6. The number of benzene rings is 1. The van der Waals surface area contributed by atoms with E-state index >= 15 is 0 Å². The van der Waals surface area contributed by atoms with E-state index in [9.17, 15) is 8.42 Å². The second kappa shape index (κ2) is 8.49. The molecule has 0 aliphatic rings. The first-order chi connectivity index (χ1) is 10.2. The van der Waals surface area contributed by atoms with E-state index in [4.69, 9.17) is 4.55 Å². The van der Waals surface area contributed by atoms with Crippen molar-refractivity contribution in [2.24, 2.45) is 11.3 Å². The first-order valence-electron chi connectivity index (χ1n) is 7.84. The molecule has 0 fully saturated rings. The lowest BCUT2D eigenvalue weighted by molar-refractivity contribution is 0.475. The van der Waals surface area contributed by atoms with E-state index in [1.54, 1.807) is 0 Å². The normalized spacial score (nSPS) is 14.4. The smallest absolute Gasteiger partial charge is 0.264 e. The average molecular weight is 324 g/mol. The van der Waals surface area contributed by atoms with Gasteiger partial charge in [0.05, 0.1) is 5.75 Å². The van der Waals surface area contributed by atoms with Gasteiger partial charge in [0.2, 0.25) is 0 Å². The highest BCUT2D eigenvalue weighted by atomic mass is 32.2. The summed E-state index contributed by atoms with van der Waals surface area (Å²) in [5, 5.41) is 0. The van der Waals surface area contributed by atoms with Crippen LogP contribution in [-0.4, -0.2) is 18.7 Å². The first kappa shape index (κ1) is 18.9. The zero-order valence-electron chi connectivity index (χ0n) is 13.8. The van der Waals surface area contributed by atoms with Crippen molar-refractivity contribution in [3.63, 3.8) is 0 Å². The molecule has 0 saturated carbocycles. The molecule has 22 heavy (non-hydrogen) atoms. The maximum atomic E-state index is 10.8. The molecule has 0 spiro atoms. The Bertz CT molecular complexity index is 554. The van der Waals surface area contributed by atoms with Crippen molar-refractivity contribution >= 4 is 10.1 Å². The molecule has 0 amide bonds. The molecule has 1 atom stereocenters. The minimum atomic E-state index is -3.83. The third-order valence-corrected chi connectivity index (χ3v) is 4.24. The highest BCUT2D eigenvalue weighted by Crippen LogP contribution is 2.21. The summed E-state index contributed by atoms with van der Waals surface area (Å²) in [4.78, 5) is 0. The second-order valence-electron chi connectivity index (χ2n) is 6.96. The maximum absolute atomic E-state index is 10.8. The fraction of sp³-hybridized carbons (Fsp3) is 0.556. The molecule has 0 aliphatic carbocycles. The third kappa shape index (κ3) is 9.74. The Labute approximate surface area is 135 Å². The van der Waals surface area contributed by atoms with Gasteiger partial charge in [-0.05, 0) is 36.2 Å². The molecule has 4 heteroatoms. The van der Waals surface area contributed by atoms with E-state index in [1.165, 1.54) is 5.56 Å². The van der Waals surface area contributed by atoms with E-state index in [2.05, 4.69) is 45.1 Å². The predicted octanol–water partition coefficient (Wildman–Crippen LogP) is 4.51. The van der Waals surface area contributed by atoms with Crippen LogP contribution in [0.2, 0.25) is 0 Å². The van der Waals surface area contributed by atoms with Crippen molar-refractivity contribution in [1.82, 2.24) is 0 Å². The lowest BCUT2D eigenvalue weighted by Gasteiger charge is -2.17. The van der Waals surface area contributed by atoms with Crippen LogP contribution < -0.4 is 0 Å². The van der Waals surface area contributed by atoms with E-state index in [0.29, 0.717) is 12.3 Å². The summed E-state index contributed by atoms with van der Waals surface area (Å²) in [6.45, 7) is 6.50. The summed E-state index contributed by atoms with van der Waals surface area (Å²) in [5.74, 6) is 0.247. The van der Waals surface area contributed by atoms with Crippen LogP contribution in [0.5, 0.6) is 0 Å². The molecular weight excluding hydrogens is 296 g/mol. The van der Waals surface area contributed by atoms with E-state index in [1.807, 2.05) is 18.2 Å². The Morgan fingerprint density at radius 3 is 2.32 bits per heavy atom. The van der Waals surface area contributed by atoms with Gasteiger partial charge in [-0.3, -0.25) is 4.55 Å². The predicted molar refractivity (Wildman–Crippen MR) is 92.5 cm³/mol. The van der Waals surface area contributed by atoms with Gasteiger partial charge in [0.15, 0.2) is 0 Å². The van der Waals surface area contributed by atoms with Crippen LogP contribution in [0.1, 0.15) is 45.6 Å². The minimum Gasteiger partial charge on any atom is -0.286 e. The number of hydrogen-bond acceptors (Lipinski definition) is 2. The lowest BCUT2D eigenvalue weighted by atomic mass is 9.89. The largest absolute Gasteiger partial charge is 0.286 e. The molecule has 0 heterocycles. The van der Waals surface area contributed by atoms with Crippen molar-refractivity contribution in [2.75, 3.05) is 5.75 Å². The SMILES string of the molecule is CC(C)(C)C=CC(CCCCS(=O)(=O)O)Cc1ccccc1. The van der Waals surface area contributed by atoms with Crippen LogP contribution in [0.3, 0.4) is 0 Å². The maximum Gasteiger partial charge on any atom is 0.264 e. The number of rotatable bonds is 8. The van der Waals surface area contributed by atoms with Crippen molar-refractivity contribution < 1.29 is 13.0 Å². The molecule has 1 unspecified atom stereocenters. The quantitative estimate of drug-likeness (QED) is 0.435. The monoisotopic (exact) mass is 324 g/mol. The average Bonchev–Trinajstić information content (AvgIpc) is 2.40. The summed E-state index contributed by atoms with van der Waals surface area (Å²) >= 11 is 0. The van der Waals surface area contributed by atoms with Gasteiger partial charge in [0.25, 0.3) is 10.1 Å². The van der Waals surface area contributed by atoms with Crippen molar-refractivity contribution in [3.8, 4) is 0 Å². The van der Waals surface area contributed by atoms with E-state index in [-0.39, 0.29) is 11.2 Å². The highest BCUT2D eigenvalue weighted by molar-refractivity contribution is 7.85. The van der Waals surface area contributed by atoms with Crippen LogP contribution in [-0.2, 0) is 16.5 Å². The van der Waals surface area contributed by atoms with Crippen LogP contribution in [0.4, 0.5) is 0 Å². The molecule has 0 saturated heterocycles. The van der Waals surface area contributed by atoms with Crippen LogP contribution in [0.15, 0.2) is 42.5 Å². The van der Waals surface area contributed by atoms with Crippen LogP contribution >= 0.6 is 0 Å². The molecular formula is C18H28O3S. The van der Waals surface area contributed by atoms with Crippen molar-refractivity contribution in [3.05, 3.63) is 48.0 Å². The van der Waals surface area contributed by atoms with Gasteiger partial charge in [-0.1, -0.05) is 69.7 Å². The van der Waals surface area contributed by atoms with Crippen molar-refractivity contribution in [1.29, 1.82) is 0 Å². The fourth-order valence-corrected chi connectivity index (χ4v) is 2.87. The van der Waals surface area contributed by atoms with Gasteiger partial charge in [0, 0.05) is 0 Å². The zero-order valence-corrected chi connectivity index (χ0v) is 14.6. The molecule has 0 bridgehead atoms. The first-order valence-corrected chi connectivity index (χ1v) is 9.45. The molecule has 1 aromatic rings. The fourth-order valence-electron chi connectivity index (χ4n) is 2.30. The molecule has 1 rings (SSSR count). The van der Waals surface area contributed by atoms with E-state index < -0.39 is 10.1 Å². The van der Waals surface area contributed by atoms with Gasteiger partial charge in [0.1, 0.15) is 0 Å². The Balaban J connectivity index is 2.60. The lowest BCUT2D eigenvalue weighted by Crippen LogP contribution is -2.07. The molecule has 1 aromatic carbocycles. The molecule has 0 aliphatic heterocycles.